The summed E-state index contributed by atoms with van der Waals surface area (Å²) in [5.74, 6) is -2.90. The van der Waals surface area contributed by atoms with Crippen molar-refractivity contribution in [2.75, 3.05) is 14.1 Å². The second kappa shape index (κ2) is 17.0. The third-order valence-electron chi connectivity index (χ3n) is 7.50. The number of ether oxygens (including phenoxy) is 2. The molecule has 1 N–H and O–H groups in total. The number of carbonyl (C=O) groups excluding carboxylic acids is 5. The summed E-state index contributed by atoms with van der Waals surface area (Å²) >= 11 is 0. The molecule has 0 heterocycles. The Morgan fingerprint density at radius 2 is 1.51 bits per heavy atom. The topological polar surface area (TPSA) is 122 Å². The summed E-state index contributed by atoms with van der Waals surface area (Å²) in [6.07, 6.45) is 0.538. The summed E-state index contributed by atoms with van der Waals surface area (Å²) in [6, 6.07) is 6.80. The molecule has 10 heteroatoms. The van der Waals surface area contributed by atoms with Crippen molar-refractivity contribution in [1.29, 1.82) is 0 Å². The van der Waals surface area contributed by atoms with Crippen molar-refractivity contribution in [2.45, 2.75) is 105 Å². The third-order valence-corrected chi connectivity index (χ3v) is 7.50. The van der Waals surface area contributed by atoms with Crippen LogP contribution in [0.25, 0.3) is 0 Å². The maximum atomic E-state index is 13.9. The van der Waals surface area contributed by atoms with Crippen LogP contribution < -0.4 is 5.32 Å². The van der Waals surface area contributed by atoms with Crippen LogP contribution >= 0.6 is 0 Å². The molecule has 0 bridgehead atoms. The van der Waals surface area contributed by atoms with Crippen LogP contribution in [-0.4, -0.2) is 77.8 Å². The lowest BCUT2D eigenvalue weighted by Crippen LogP contribution is -2.59. The molecule has 1 rings (SSSR count). The van der Waals surface area contributed by atoms with Gasteiger partial charge in [0.25, 0.3) is 0 Å². The van der Waals surface area contributed by atoms with E-state index < -0.39 is 47.6 Å². The first-order valence-corrected chi connectivity index (χ1v) is 15.1. The molecule has 1 unspecified atom stereocenters. The van der Waals surface area contributed by atoms with Crippen molar-refractivity contribution in [1.82, 2.24) is 15.1 Å². The van der Waals surface area contributed by atoms with E-state index in [0.29, 0.717) is 12.7 Å². The van der Waals surface area contributed by atoms with Gasteiger partial charge in [0.2, 0.25) is 11.8 Å². The van der Waals surface area contributed by atoms with Crippen LogP contribution in [0, 0.1) is 23.7 Å². The molecule has 43 heavy (non-hydrogen) atoms. The maximum Gasteiger partial charge on any atom is 0.410 e. The Hall–Kier alpha value is -3.43. The lowest BCUT2D eigenvalue weighted by molar-refractivity contribution is -0.158. The first kappa shape index (κ1) is 37.6. The molecule has 0 aliphatic rings. The van der Waals surface area contributed by atoms with Crippen LogP contribution in [0.2, 0.25) is 0 Å². The lowest BCUT2D eigenvalue weighted by Gasteiger charge is -2.39. The van der Waals surface area contributed by atoms with Crippen molar-refractivity contribution < 1.29 is 33.4 Å². The third kappa shape index (κ3) is 11.6. The molecule has 0 fully saturated rings. The fourth-order valence-corrected chi connectivity index (χ4v) is 5.14. The highest BCUT2D eigenvalue weighted by Gasteiger charge is 2.39. The van der Waals surface area contributed by atoms with Gasteiger partial charge in [0.1, 0.15) is 30.6 Å². The van der Waals surface area contributed by atoms with Gasteiger partial charge in [-0.15, -0.1) is 0 Å². The van der Waals surface area contributed by atoms with E-state index in [2.05, 4.69) is 5.32 Å². The zero-order chi connectivity index (χ0) is 33.1. The highest BCUT2D eigenvalue weighted by Crippen LogP contribution is 2.26. The molecule has 0 aromatic heterocycles. The van der Waals surface area contributed by atoms with Crippen molar-refractivity contribution in [3.05, 3.63) is 35.9 Å². The number of nitrogens with one attached hydrogen (secondary N) is 1. The molecular formula is C33H53N3O7. The van der Waals surface area contributed by atoms with Gasteiger partial charge in [-0.3, -0.25) is 19.3 Å². The summed E-state index contributed by atoms with van der Waals surface area (Å²) in [5.41, 5.74) is 0.110. The first-order chi connectivity index (χ1) is 19.9. The quantitative estimate of drug-likeness (QED) is 0.225. The van der Waals surface area contributed by atoms with Crippen LogP contribution in [0.5, 0.6) is 0 Å². The van der Waals surface area contributed by atoms with Gasteiger partial charge < -0.3 is 24.5 Å². The molecule has 3 amide bonds. The smallest absolute Gasteiger partial charge is 0.410 e. The van der Waals surface area contributed by atoms with Crippen LogP contribution in [0.4, 0.5) is 4.79 Å². The molecule has 0 saturated heterocycles. The normalized spacial score (nSPS) is 15.1. The van der Waals surface area contributed by atoms with Crippen molar-refractivity contribution in [3.8, 4) is 0 Å². The van der Waals surface area contributed by atoms with E-state index in [1.165, 1.54) is 16.8 Å². The lowest BCUT2D eigenvalue weighted by atomic mass is 9.84. The number of hydrogen-bond acceptors (Lipinski definition) is 7. The molecule has 0 aliphatic carbocycles. The van der Waals surface area contributed by atoms with E-state index in [9.17, 15) is 24.0 Å². The average molecular weight is 604 g/mol. The number of nitrogens with zero attached hydrogens (tertiary/aromatic N) is 2. The minimum atomic E-state index is -0.937. The number of hydrogen-bond donors (Lipinski definition) is 1. The fourth-order valence-electron chi connectivity index (χ4n) is 5.14. The van der Waals surface area contributed by atoms with E-state index in [-0.39, 0.29) is 36.7 Å². The summed E-state index contributed by atoms with van der Waals surface area (Å²) in [5, 5.41) is 2.87. The van der Waals surface area contributed by atoms with Crippen molar-refractivity contribution in [3.63, 3.8) is 0 Å². The molecule has 1 aromatic carbocycles. The van der Waals surface area contributed by atoms with Gasteiger partial charge in [0, 0.05) is 26.1 Å². The van der Waals surface area contributed by atoms with Gasteiger partial charge >= 0.3 is 12.1 Å². The largest absolute Gasteiger partial charge is 0.460 e. The zero-order valence-electron chi connectivity index (χ0n) is 27.9. The number of amides is 3. The monoisotopic (exact) mass is 603 g/mol. The van der Waals surface area contributed by atoms with Gasteiger partial charge in [-0.25, -0.2) is 4.79 Å². The number of esters is 1. The highest BCUT2D eigenvalue weighted by atomic mass is 16.6. The standard InChI is InChI=1S/C33H53N3O7/c1-12-23(6)29(25(19-37)18-26(38)43-33(7,8)9)35(10)31(40)27(21(2)3)34-30(39)28(22(4)5)36(11)32(41)42-20-24-16-14-13-15-17-24/h13-17,19,21-23,25,27-29H,12,18,20H2,1-11H3,(H,34,39)/t23?,25-,27-,28-,29-/m0/s1. The fraction of sp³-hybridized carbons (Fsp3) is 0.667. The van der Waals surface area contributed by atoms with Crippen LogP contribution in [0.3, 0.4) is 0 Å². The first-order valence-electron chi connectivity index (χ1n) is 15.1. The van der Waals surface area contributed by atoms with Gasteiger partial charge in [-0.05, 0) is 44.1 Å². The molecule has 0 spiro atoms. The Labute approximate surface area is 257 Å². The Morgan fingerprint density at radius 3 is 1.98 bits per heavy atom. The predicted molar refractivity (Wildman–Crippen MR) is 166 cm³/mol. The van der Waals surface area contributed by atoms with Crippen LogP contribution in [-0.2, 0) is 35.3 Å². The second-order valence-corrected chi connectivity index (χ2v) is 13.0. The number of likely N-dealkylation sites (N-methyl/N-ethyl adjacent to an activating group) is 2. The molecule has 0 aliphatic heterocycles. The summed E-state index contributed by atoms with van der Waals surface area (Å²) < 4.78 is 10.9. The minimum absolute atomic E-state index is 0.0620. The van der Waals surface area contributed by atoms with Crippen LogP contribution in [0.1, 0.15) is 80.7 Å². The molecular weight excluding hydrogens is 550 g/mol. The molecule has 1 aromatic rings. The maximum absolute atomic E-state index is 13.9. The Balaban J connectivity index is 3.17. The van der Waals surface area contributed by atoms with Gasteiger partial charge in [0.15, 0.2) is 0 Å². The van der Waals surface area contributed by atoms with Crippen molar-refractivity contribution >= 4 is 30.2 Å². The SMILES string of the molecule is CCC(C)[C@@H]([C@H](C=O)CC(=O)OC(C)(C)C)N(C)C(=O)[C@@H](NC(=O)[C@H](C(C)C)N(C)C(=O)OCc1ccccc1)C(C)C. The molecule has 0 saturated carbocycles. The van der Waals surface area contributed by atoms with Gasteiger partial charge in [-0.2, -0.15) is 0 Å². The number of aldehydes is 1. The van der Waals surface area contributed by atoms with E-state index in [0.717, 1.165) is 5.56 Å². The van der Waals surface area contributed by atoms with Gasteiger partial charge in [0.05, 0.1) is 6.42 Å². The number of carbonyl (C=O) groups is 5. The number of benzene rings is 1. The summed E-state index contributed by atoms with van der Waals surface area (Å²) in [7, 11) is 3.10. The second-order valence-electron chi connectivity index (χ2n) is 13.0. The Kier molecular flexibility index (Phi) is 14.9. The van der Waals surface area contributed by atoms with E-state index in [1.807, 2.05) is 71.9 Å². The summed E-state index contributed by atoms with van der Waals surface area (Å²) in [4.78, 5) is 68.1. The van der Waals surface area contributed by atoms with E-state index >= 15 is 0 Å². The molecule has 5 atom stereocenters. The summed E-state index contributed by atoms with van der Waals surface area (Å²) in [6.45, 7) is 16.5. The molecule has 0 radical (unpaired) electrons. The number of rotatable bonds is 15. The Bertz CT molecular complexity index is 1070. The van der Waals surface area contributed by atoms with Crippen LogP contribution in [0.15, 0.2) is 30.3 Å². The van der Waals surface area contributed by atoms with Crippen molar-refractivity contribution in [2.24, 2.45) is 23.7 Å². The molecule has 10 nitrogen and oxygen atoms in total. The molecule has 242 valence electrons. The van der Waals surface area contributed by atoms with E-state index in [1.54, 1.807) is 27.8 Å². The highest BCUT2D eigenvalue weighted by molar-refractivity contribution is 5.92. The average Bonchev–Trinajstić information content (AvgIpc) is 2.92. The Morgan fingerprint density at radius 1 is 0.930 bits per heavy atom. The van der Waals surface area contributed by atoms with Gasteiger partial charge in [-0.1, -0.05) is 78.3 Å². The predicted octanol–water partition coefficient (Wildman–Crippen LogP) is 4.84. The van der Waals surface area contributed by atoms with E-state index in [4.69, 9.17) is 9.47 Å². The zero-order valence-corrected chi connectivity index (χ0v) is 27.9. The minimum Gasteiger partial charge on any atom is -0.460 e.